The van der Waals surface area contributed by atoms with Crippen LogP contribution < -0.4 is 17.0 Å². The number of aliphatic hydroxyl groups is 1. The third-order valence-electron chi connectivity index (χ3n) is 0.868. The van der Waals surface area contributed by atoms with Crippen LogP contribution in [0.25, 0.3) is 0 Å². The van der Waals surface area contributed by atoms with Crippen molar-refractivity contribution in [1.29, 1.82) is 0 Å². The van der Waals surface area contributed by atoms with E-state index in [1.54, 1.807) is 5.43 Å². The van der Waals surface area contributed by atoms with E-state index in [0.717, 1.165) is 0 Å². The van der Waals surface area contributed by atoms with Gasteiger partial charge >= 0.3 is 0 Å². The van der Waals surface area contributed by atoms with Gasteiger partial charge in [0.25, 0.3) is 0 Å². The van der Waals surface area contributed by atoms with Crippen LogP contribution >= 0.6 is 0 Å². The highest BCUT2D eigenvalue weighted by atomic mass is 16.3. The van der Waals surface area contributed by atoms with Crippen LogP contribution in [0.4, 0.5) is 0 Å². The SMILES string of the molecule is NNC(=O)C[C@@H](O)C(N)=O. The van der Waals surface area contributed by atoms with Gasteiger partial charge in [0.1, 0.15) is 6.10 Å². The van der Waals surface area contributed by atoms with Crippen molar-refractivity contribution >= 4 is 11.8 Å². The summed E-state index contributed by atoms with van der Waals surface area (Å²) in [5.41, 5.74) is 6.37. The Bertz CT molecular complexity index is 147. The quantitative estimate of drug-likeness (QED) is 0.196. The van der Waals surface area contributed by atoms with Gasteiger partial charge in [-0.25, -0.2) is 5.84 Å². The van der Waals surface area contributed by atoms with Crippen LogP contribution in [-0.2, 0) is 9.59 Å². The Labute approximate surface area is 57.2 Å². The molecule has 0 aliphatic heterocycles. The van der Waals surface area contributed by atoms with Crippen molar-refractivity contribution in [2.45, 2.75) is 12.5 Å². The molecule has 0 bridgehead atoms. The highest BCUT2D eigenvalue weighted by Crippen LogP contribution is 1.87. The Morgan fingerprint density at radius 3 is 2.40 bits per heavy atom. The number of amides is 2. The second kappa shape index (κ2) is 3.80. The fraction of sp³-hybridized carbons (Fsp3) is 0.500. The first-order valence-electron chi connectivity index (χ1n) is 2.54. The summed E-state index contributed by atoms with van der Waals surface area (Å²) in [4.78, 5) is 20.4. The van der Waals surface area contributed by atoms with E-state index in [9.17, 15) is 9.59 Å². The summed E-state index contributed by atoms with van der Waals surface area (Å²) in [6, 6.07) is 0. The van der Waals surface area contributed by atoms with Crippen molar-refractivity contribution in [3.8, 4) is 0 Å². The lowest BCUT2D eigenvalue weighted by molar-refractivity contribution is -0.132. The molecular formula is C4H9N3O3. The number of carbonyl (C=O) groups excluding carboxylic acids is 2. The number of nitrogens with one attached hydrogen (secondary N) is 1. The maximum absolute atomic E-state index is 10.3. The summed E-state index contributed by atoms with van der Waals surface area (Å²) in [5, 5.41) is 8.64. The predicted octanol–water partition coefficient (Wildman–Crippen LogP) is -2.79. The molecule has 1 atom stereocenters. The van der Waals surface area contributed by atoms with Crippen molar-refractivity contribution in [2.24, 2.45) is 11.6 Å². The molecule has 0 saturated carbocycles. The molecule has 0 rings (SSSR count). The highest BCUT2D eigenvalue weighted by Gasteiger charge is 2.14. The standard InChI is InChI=1S/C4H9N3O3/c5-4(10)2(8)1-3(9)7-6/h2,8H,1,6H2,(H2,5,10)(H,7,9)/t2-/m1/s1. The molecule has 0 fully saturated rings. The molecule has 6 nitrogen and oxygen atoms in total. The Hall–Kier alpha value is -1.14. The van der Waals surface area contributed by atoms with Gasteiger partial charge in [0, 0.05) is 0 Å². The summed E-state index contributed by atoms with van der Waals surface area (Å²) in [5.74, 6) is 3.08. The van der Waals surface area contributed by atoms with Gasteiger partial charge in [0.2, 0.25) is 11.8 Å². The van der Waals surface area contributed by atoms with Gasteiger partial charge in [-0.3, -0.25) is 15.0 Å². The van der Waals surface area contributed by atoms with Gasteiger partial charge in [0.15, 0.2) is 0 Å². The molecule has 2 amide bonds. The molecule has 0 aliphatic rings. The van der Waals surface area contributed by atoms with Gasteiger partial charge in [-0.05, 0) is 0 Å². The highest BCUT2D eigenvalue weighted by molar-refractivity contribution is 5.85. The molecule has 6 N–H and O–H groups in total. The molecule has 10 heavy (non-hydrogen) atoms. The number of carbonyl (C=O) groups is 2. The van der Waals surface area contributed by atoms with Crippen molar-refractivity contribution in [3.05, 3.63) is 0 Å². The van der Waals surface area contributed by atoms with Crippen LogP contribution in [0.2, 0.25) is 0 Å². The van der Waals surface area contributed by atoms with E-state index in [2.05, 4.69) is 11.6 Å². The molecule has 0 radical (unpaired) electrons. The fourth-order valence-corrected chi connectivity index (χ4v) is 0.335. The molecule has 0 spiro atoms. The molecule has 0 aromatic heterocycles. The molecule has 0 heterocycles. The summed E-state index contributed by atoms with van der Waals surface area (Å²) in [6.07, 6.45) is -1.85. The first kappa shape index (κ1) is 8.86. The molecule has 58 valence electrons. The number of hydrogen-bond donors (Lipinski definition) is 4. The largest absolute Gasteiger partial charge is 0.383 e. The minimum Gasteiger partial charge on any atom is -0.383 e. The Morgan fingerprint density at radius 2 is 2.10 bits per heavy atom. The number of aliphatic hydroxyl groups excluding tert-OH is 1. The van der Waals surface area contributed by atoms with Gasteiger partial charge < -0.3 is 10.8 Å². The summed E-state index contributed by atoms with van der Waals surface area (Å²) >= 11 is 0. The number of nitrogens with two attached hydrogens (primary N) is 2. The van der Waals surface area contributed by atoms with Crippen LogP contribution in [0.3, 0.4) is 0 Å². The van der Waals surface area contributed by atoms with Crippen molar-refractivity contribution < 1.29 is 14.7 Å². The molecule has 6 heteroatoms. The van der Waals surface area contributed by atoms with Gasteiger partial charge in [0.05, 0.1) is 6.42 Å². The minimum atomic E-state index is -1.46. The van der Waals surface area contributed by atoms with E-state index in [0.29, 0.717) is 0 Å². The topological polar surface area (TPSA) is 118 Å². The third kappa shape index (κ3) is 3.00. The van der Waals surface area contributed by atoms with Crippen LogP contribution in [0.1, 0.15) is 6.42 Å². The van der Waals surface area contributed by atoms with Crippen molar-refractivity contribution in [3.63, 3.8) is 0 Å². The lowest BCUT2D eigenvalue weighted by Gasteiger charge is -2.02. The average molecular weight is 147 g/mol. The molecule has 0 saturated heterocycles. The zero-order chi connectivity index (χ0) is 8.15. The average Bonchev–Trinajstić information content (AvgIpc) is 1.87. The maximum atomic E-state index is 10.3. The van der Waals surface area contributed by atoms with Crippen LogP contribution in [0.15, 0.2) is 0 Å². The van der Waals surface area contributed by atoms with E-state index in [1.807, 2.05) is 0 Å². The van der Waals surface area contributed by atoms with Crippen molar-refractivity contribution in [1.82, 2.24) is 5.43 Å². The smallest absolute Gasteiger partial charge is 0.246 e. The van der Waals surface area contributed by atoms with Crippen LogP contribution in [0.5, 0.6) is 0 Å². The predicted molar refractivity (Wildman–Crippen MR) is 32.1 cm³/mol. The van der Waals surface area contributed by atoms with E-state index >= 15 is 0 Å². The minimum absolute atomic E-state index is 0.397. The molecule has 0 unspecified atom stereocenters. The lowest BCUT2D eigenvalue weighted by atomic mass is 10.2. The first-order valence-corrected chi connectivity index (χ1v) is 2.54. The van der Waals surface area contributed by atoms with Crippen LogP contribution in [-0.4, -0.2) is 23.0 Å². The lowest BCUT2D eigenvalue weighted by Crippen LogP contribution is -2.37. The number of hydrogen-bond acceptors (Lipinski definition) is 4. The normalized spacial score (nSPS) is 12.2. The number of rotatable bonds is 3. The summed E-state index contributed by atoms with van der Waals surface area (Å²) < 4.78 is 0. The molecular weight excluding hydrogens is 138 g/mol. The van der Waals surface area contributed by atoms with Crippen molar-refractivity contribution in [2.75, 3.05) is 0 Å². The van der Waals surface area contributed by atoms with E-state index < -0.39 is 24.3 Å². The summed E-state index contributed by atoms with van der Waals surface area (Å²) in [6.45, 7) is 0. The zero-order valence-electron chi connectivity index (χ0n) is 5.20. The summed E-state index contributed by atoms with van der Waals surface area (Å²) in [7, 11) is 0. The fourth-order valence-electron chi connectivity index (χ4n) is 0.335. The van der Waals surface area contributed by atoms with E-state index in [4.69, 9.17) is 5.11 Å². The van der Waals surface area contributed by atoms with E-state index in [-0.39, 0.29) is 0 Å². The second-order valence-electron chi connectivity index (χ2n) is 1.69. The van der Waals surface area contributed by atoms with E-state index in [1.165, 1.54) is 0 Å². The Balaban J connectivity index is 3.68. The van der Waals surface area contributed by atoms with Gasteiger partial charge in [-0.1, -0.05) is 0 Å². The molecule has 0 aromatic carbocycles. The number of primary amides is 1. The third-order valence-corrected chi connectivity index (χ3v) is 0.868. The first-order chi connectivity index (χ1) is 4.57. The van der Waals surface area contributed by atoms with Gasteiger partial charge in [-0.2, -0.15) is 0 Å². The van der Waals surface area contributed by atoms with Crippen LogP contribution in [0, 0.1) is 0 Å². The molecule has 0 aliphatic carbocycles. The Kier molecular flexibility index (Phi) is 3.37. The van der Waals surface area contributed by atoms with Gasteiger partial charge in [-0.15, -0.1) is 0 Å². The maximum Gasteiger partial charge on any atom is 0.246 e. The second-order valence-corrected chi connectivity index (χ2v) is 1.69. The monoisotopic (exact) mass is 147 g/mol. The zero-order valence-corrected chi connectivity index (χ0v) is 5.20. The number of hydrazine groups is 1. The Morgan fingerprint density at radius 1 is 1.60 bits per heavy atom. The molecule has 0 aromatic rings.